The van der Waals surface area contributed by atoms with Crippen molar-refractivity contribution in [1.82, 2.24) is 4.98 Å². The number of nitrogen functional groups attached to an aromatic ring is 1. The van der Waals surface area contributed by atoms with Gasteiger partial charge < -0.3 is 10.6 Å². The lowest BCUT2D eigenvalue weighted by Crippen LogP contribution is -2.22. The van der Waals surface area contributed by atoms with Crippen molar-refractivity contribution < 1.29 is 0 Å². The molecule has 0 aliphatic carbocycles. The molecule has 1 aromatic carbocycles. The maximum atomic E-state index is 7.61. The van der Waals surface area contributed by atoms with Crippen LogP contribution < -0.4 is 10.6 Å². The summed E-state index contributed by atoms with van der Waals surface area (Å²) in [7, 11) is 1.92. The van der Waals surface area contributed by atoms with Gasteiger partial charge in [0.1, 0.15) is 5.84 Å². The molecule has 0 amide bonds. The SMILES string of the molecule is CN(Cc1ccccn1)c1cc(Cl)ccc1C(=N)N. The zero-order valence-corrected chi connectivity index (χ0v) is 11.4. The first kappa shape index (κ1) is 13.4. The van der Waals surface area contributed by atoms with Crippen molar-refractivity contribution in [2.75, 3.05) is 11.9 Å². The van der Waals surface area contributed by atoms with Gasteiger partial charge in [-0.05, 0) is 30.3 Å². The highest BCUT2D eigenvalue weighted by Gasteiger charge is 2.11. The van der Waals surface area contributed by atoms with Gasteiger partial charge in [0.25, 0.3) is 0 Å². The van der Waals surface area contributed by atoms with E-state index in [0.717, 1.165) is 11.4 Å². The Labute approximate surface area is 117 Å². The fourth-order valence-corrected chi connectivity index (χ4v) is 2.03. The number of nitrogens with two attached hydrogens (primary N) is 1. The first-order valence-electron chi connectivity index (χ1n) is 5.83. The van der Waals surface area contributed by atoms with Gasteiger partial charge in [-0.25, -0.2) is 0 Å². The molecule has 0 aliphatic heterocycles. The van der Waals surface area contributed by atoms with E-state index in [9.17, 15) is 0 Å². The zero-order valence-electron chi connectivity index (χ0n) is 10.6. The Morgan fingerprint density at radius 2 is 2.16 bits per heavy atom. The molecule has 0 saturated carbocycles. The van der Waals surface area contributed by atoms with Crippen LogP contribution in [0.1, 0.15) is 11.3 Å². The largest absolute Gasteiger partial charge is 0.384 e. The van der Waals surface area contributed by atoms with Gasteiger partial charge >= 0.3 is 0 Å². The summed E-state index contributed by atoms with van der Waals surface area (Å²) in [5.74, 6) is 0.0273. The molecule has 1 heterocycles. The molecule has 0 aliphatic rings. The Morgan fingerprint density at radius 3 is 2.79 bits per heavy atom. The van der Waals surface area contributed by atoms with Crippen molar-refractivity contribution in [2.24, 2.45) is 5.73 Å². The van der Waals surface area contributed by atoms with E-state index in [0.29, 0.717) is 17.1 Å². The quantitative estimate of drug-likeness (QED) is 0.665. The van der Waals surface area contributed by atoms with Crippen molar-refractivity contribution in [3.63, 3.8) is 0 Å². The number of pyridine rings is 1. The van der Waals surface area contributed by atoms with Gasteiger partial charge in [-0.3, -0.25) is 10.4 Å². The molecule has 3 N–H and O–H groups in total. The van der Waals surface area contributed by atoms with E-state index < -0.39 is 0 Å². The summed E-state index contributed by atoms with van der Waals surface area (Å²) >= 11 is 6.01. The molecule has 0 unspecified atom stereocenters. The Morgan fingerprint density at radius 1 is 1.37 bits per heavy atom. The van der Waals surface area contributed by atoms with Crippen LogP contribution in [0.2, 0.25) is 5.02 Å². The van der Waals surface area contributed by atoms with E-state index in [1.165, 1.54) is 0 Å². The van der Waals surface area contributed by atoms with E-state index in [1.807, 2.05) is 30.1 Å². The van der Waals surface area contributed by atoms with Crippen LogP contribution in [0.15, 0.2) is 42.6 Å². The van der Waals surface area contributed by atoms with Crippen LogP contribution in [0.25, 0.3) is 0 Å². The van der Waals surface area contributed by atoms with Crippen molar-refractivity contribution in [3.8, 4) is 0 Å². The third kappa shape index (κ3) is 3.23. The first-order chi connectivity index (χ1) is 9.08. The average Bonchev–Trinajstić information content (AvgIpc) is 2.39. The summed E-state index contributed by atoms with van der Waals surface area (Å²) in [6.45, 7) is 0.626. The highest BCUT2D eigenvalue weighted by molar-refractivity contribution is 6.31. The third-order valence-electron chi connectivity index (χ3n) is 2.79. The number of benzene rings is 1. The molecule has 5 heteroatoms. The van der Waals surface area contributed by atoms with E-state index in [2.05, 4.69) is 4.98 Å². The summed E-state index contributed by atoms with van der Waals surface area (Å²) in [6, 6.07) is 11.1. The van der Waals surface area contributed by atoms with E-state index >= 15 is 0 Å². The number of nitrogens with zero attached hydrogens (tertiary/aromatic N) is 2. The molecule has 2 aromatic rings. The van der Waals surface area contributed by atoms with Gasteiger partial charge in [0.2, 0.25) is 0 Å². The fraction of sp³-hybridized carbons (Fsp3) is 0.143. The van der Waals surface area contributed by atoms with Crippen molar-refractivity contribution in [3.05, 3.63) is 58.9 Å². The monoisotopic (exact) mass is 274 g/mol. The van der Waals surface area contributed by atoms with E-state index in [1.54, 1.807) is 24.4 Å². The molecule has 0 bridgehead atoms. The minimum absolute atomic E-state index is 0.0273. The number of rotatable bonds is 4. The summed E-state index contributed by atoms with van der Waals surface area (Å²) in [5, 5.41) is 8.23. The minimum Gasteiger partial charge on any atom is -0.384 e. The van der Waals surface area contributed by atoms with E-state index in [4.69, 9.17) is 22.7 Å². The highest BCUT2D eigenvalue weighted by Crippen LogP contribution is 2.24. The van der Waals surface area contributed by atoms with Gasteiger partial charge in [-0.15, -0.1) is 0 Å². The number of halogens is 1. The van der Waals surface area contributed by atoms with Gasteiger partial charge in [0, 0.05) is 29.5 Å². The van der Waals surface area contributed by atoms with Crippen LogP contribution in [0.4, 0.5) is 5.69 Å². The van der Waals surface area contributed by atoms with Crippen LogP contribution in [0.3, 0.4) is 0 Å². The Balaban J connectivity index is 2.30. The summed E-state index contributed by atoms with van der Waals surface area (Å²) < 4.78 is 0. The van der Waals surface area contributed by atoms with Crippen LogP contribution in [0, 0.1) is 5.41 Å². The predicted octanol–water partition coefficient (Wildman–Crippen LogP) is 2.66. The molecule has 2 rings (SSSR count). The molecule has 98 valence electrons. The molecule has 19 heavy (non-hydrogen) atoms. The molecule has 0 spiro atoms. The lowest BCUT2D eigenvalue weighted by molar-refractivity contribution is 0.884. The Kier molecular flexibility index (Phi) is 4.02. The summed E-state index contributed by atoms with van der Waals surface area (Å²) in [4.78, 5) is 6.26. The van der Waals surface area contributed by atoms with Crippen LogP contribution in [-0.4, -0.2) is 17.9 Å². The molecule has 0 saturated heterocycles. The normalized spacial score (nSPS) is 10.2. The molecular formula is C14H15ClN4. The maximum absolute atomic E-state index is 7.61. The van der Waals surface area contributed by atoms with Crippen molar-refractivity contribution in [2.45, 2.75) is 6.54 Å². The molecule has 0 atom stereocenters. The van der Waals surface area contributed by atoms with Crippen LogP contribution in [0.5, 0.6) is 0 Å². The average molecular weight is 275 g/mol. The summed E-state index contributed by atoms with van der Waals surface area (Å²) in [5.41, 5.74) is 8.03. The maximum Gasteiger partial charge on any atom is 0.124 e. The standard InChI is InChI=1S/C14H15ClN4/c1-19(9-11-4-2-3-7-18-11)13-8-10(15)5-6-12(13)14(16)17/h2-8H,9H2,1H3,(H3,16,17). The summed E-state index contributed by atoms with van der Waals surface area (Å²) in [6.07, 6.45) is 1.76. The lowest BCUT2D eigenvalue weighted by atomic mass is 10.1. The van der Waals surface area contributed by atoms with Gasteiger partial charge in [-0.1, -0.05) is 17.7 Å². The second-order valence-electron chi connectivity index (χ2n) is 4.25. The van der Waals surface area contributed by atoms with Gasteiger partial charge in [0.05, 0.1) is 12.2 Å². The van der Waals surface area contributed by atoms with Gasteiger partial charge in [-0.2, -0.15) is 0 Å². The second-order valence-corrected chi connectivity index (χ2v) is 4.69. The molecule has 0 radical (unpaired) electrons. The van der Waals surface area contributed by atoms with Crippen LogP contribution >= 0.6 is 11.6 Å². The first-order valence-corrected chi connectivity index (χ1v) is 6.20. The lowest BCUT2D eigenvalue weighted by Gasteiger charge is -2.22. The van der Waals surface area contributed by atoms with Crippen molar-refractivity contribution >= 4 is 23.1 Å². The second kappa shape index (κ2) is 5.71. The van der Waals surface area contributed by atoms with Gasteiger partial charge in [0.15, 0.2) is 0 Å². The highest BCUT2D eigenvalue weighted by atomic mass is 35.5. The van der Waals surface area contributed by atoms with Crippen LogP contribution in [-0.2, 0) is 6.54 Å². The number of anilines is 1. The number of hydrogen-bond acceptors (Lipinski definition) is 3. The topological polar surface area (TPSA) is 66.0 Å². The van der Waals surface area contributed by atoms with Crippen molar-refractivity contribution in [1.29, 1.82) is 5.41 Å². The molecule has 1 aromatic heterocycles. The minimum atomic E-state index is 0.0273. The number of nitrogens with one attached hydrogen (secondary N) is 1. The molecule has 4 nitrogen and oxygen atoms in total. The number of amidine groups is 1. The zero-order chi connectivity index (χ0) is 13.8. The Bertz CT molecular complexity index is 583. The smallest absolute Gasteiger partial charge is 0.124 e. The fourth-order valence-electron chi connectivity index (χ4n) is 1.87. The number of aromatic nitrogens is 1. The third-order valence-corrected chi connectivity index (χ3v) is 3.02. The number of hydrogen-bond donors (Lipinski definition) is 2. The Hall–Kier alpha value is -2.07. The van der Waals surface area contributed by atoms with E-state index in [-0.39, 0.29) is 5.84 Å². The molecular weight excluding hydrogens is 260 g/mol. The molecule has 0 fully saturated rings. The predicted molar refractivity (Wildman–Crippen MR) is 78.8 cm³/mol.